The van der Waals surface area contributed by atoms with Crippen LogP contribution >= 0.6 is 0 Å². The van der Waals surface area contributed by atoms with E-state index in [-0.39, 0.29) is 16.2 Å². The van der Waals surface area contributed by atoms with Gasteiger partial charge in [-0.25, -0.2) is 13.4 Å². The Morgan fingerprint density at radius 1 is 0.966 bits per heavy atom. The van der Waals surface area contributed by atoms with Crippen LogP contribution < -0.4 is 10.7 Å². The molecule has 7 heteroatoms. The standard InChI is InChI=1S/C22H19N3O3S/c1-2-29(27,28)22-13-19-18(15-23-22)20(26)14-21(24-16-9-5-3-6-10-16)25(19)17-11-7-4-8-12-17/h3-15,24H,2H2,1H3. The highest BCUT2D eigenvalue weighted by molar-refractivity contribution is 7.91. The van der Waals surface area contributed by atoms with E-state index in [4.69, 9.17) is 0 Å². The predicted octanol–water partition coefficient (Wildman–Crippen LogP) is 3.92. The summed E-state index contributed by atoms with van der Waals surface area (Å²) in [6, 6.07) is 21.9. The molecule has 0 saturated heterocycles. The fraction of sp³-hybridized carbons (Fsp3) is 0.0909. The van der Waals surface area contributed by atoms with Crippen LogP contribution in [-0.4, -0.2) is 23.7 Å². The first-order valence-corrected chi connectivity index (χ1v) is 10.8. The van der Waals surface area contributed by atoms with E-state index < -0.39 is 9.84 Å². The van der Waals surface area contributed by atoms with E-state index in [1.807, 2.05) is 65.2 Å². The number of anilines is 2. The number of aromatic nitrogens is 2. The summed E-state index contributed by atoms with van der Waals surface area (Å²) in [7, 11) is -3.52. The molecule has 2 aromatic heterocycles. The third-order valence-electron chi connectivity index (χ3n) is 4.63. The van der Waals surface area contributed by atoms with Gasteiger partial charge in [-0.15, -0.1) is 0 Å². The molecule has 0 radical (unpaired) electrons. The molecule has 0 fully saturated rings. The molecule has 0 atom stereocenters. The first kappa shape index (κ1) is 18.9. The topological polar surface area (TPSA) is 81.1 Å². The van der Waals surface area contributed by atoms with Gasteiger partial charge in [0.15, 0.2) is 20.3 Å². The van der Waals surface area contributed by atoms with Crippen LogP contribution in [0.15, 0.2) is 88.8 Å². The molecule has 0 aliphatic carbocycles. The highest BCUT2D eigenvalue weighted by Crippen LogP contribution is 2.26. The van der Waals surface area contributed by atoms with E-state index in [0.717, 1.165) is 11.4 Å². The molecule has 0 spiro atoms. The fourth-order valence-electron chi connectivity index (χ4n) is 3.13. The third-order valence-corrected chi connectivity index (χ3v) is 6.25. The van der Waals surface area contributed by atoms with Crippen LogP contribution in [-0.2, 0) is 9.84 Å². The second kappa shape index (κ2) is 7.52. The number of para-hydroxylation sites is 2. The number of hydrogen-bond acceptors (Lipinski definition) is 5. The van der Waals surface area contributed by atoms with Gasteiger partial charge in [0.05, 0.1) is 16.7 Å². The zero-order chi connectivity index (χ0) is 20.4. The summed E-state index contributed by atoms with van der Waals surface area (Å²) in [6.07, 6.45) is 1.34. The van der Waals surface area contributed by atoms with Crippen molar-refractivity contribution in [2.45, 2.75) is 11.9 Å². The molecule has 4 aromatic rings. The van der Waals surface area contributed by atoms with Crippen molar-refractivity contribution in [1.29, 1.82) is 0 Å². The van der Waals surface area contributed by atoms with Crippen LogP contribution in [0.5, 0.6) is 0 Å². The summed E-state index contributed by atoms with van der Waals surface area (Å²) >= 11 is 0. The van der Waals surface area contributed by atoms with Gasteiger partial charge in [-0.05, 0) is 24.3 Å². The van der Waals surface area contributed by atoms with Gasteiger partial charge in [0.2, 0.25) is 0 Å². The Morgan fingerprint density at radius 3 is 2.28 bits per heavy atom. The lowest BCUT2D eigenvalue weighted by Crippen LogP contribution is -2.14. The van der Waals surface area contributed by atoms with E-state index in [1.165, 1.54) is 18.3 Å². The van der Waals surface area contributed by atoms with E-state index in [9.17, 15) is 13.2 Å². The van der Waals surface area contributed by atoms with Crippen LogP contribution in [0.25, 0.3) is 16.6 Å². The van der Waals surface area contributed by atoms with Gasteiger partial charge in [-0.3, -0.25) is 9.36 Å². The number of nitrogens with one attached hydrogen (secondary N) is 1. The van der Waals surface area contributed by atoms with Gasteiger partial charge in [0, 0.05) is 29.7 Å². The number of nitrogens with zero attached hydrogens (tertiary/aromatic N) is 2. The summed E-state index contributed by atoms with van der Waals surface area (Å²) in [4.78, 5) is 16.8. The molecular formula is C22H19N3O3S. The molecule has 146 valence electrons. The SMILES string of the molecule is CCS(=O)(=O)c1cc2c(cn1)c(=O)cc(Nc1ccccc1)n2-c1ccccc1. The zero-order valence-electron chi connectivity index (χ0n) is 15.7. The molecule has 0 amide bonds. The van der Waals surface area contributed by atoms with Crippen molar-refractivity contribution < 1.29 is 8.42 Å². The number of hydrogen-bond donors (Lipinski definition) is 1. The maximum Gasteiger partial charge on any atom is 0.195 e. The molecule has 2 heterocycles. The van der Waals surface area contributed by atoms with Gasteiger partial charge in [-0.1, -0.05) is 43.3 Å². The smallest absolute Gasteiger partial charge is 0.195 e. The maximum atomic E-state index is 12.8. The lowest BCUT2D eigenvalue weighted by atomic mass is 10.2. The van der Waals surface area contributed by atoms with Crippen molar-refractivity contribution in [2.75, 3.05) is 11.1 Å². The largest absolute Gasteiger partial charge is 0.341 e. The molecule has 29 heavy (non-hydrogen) atoms. The van der Waals surface area contributed by atoms with Crippen LogP contribution in [0.4, 0.5) is 11.5 Å². The molecule has 4 rings (SSSR count). The average Bonchev–Trinajstić information content (AvgIpc) is 2.75. The highest BCUT2D eigenvalue weighted by atomic mass is 32.2. The molecule has 0 aliphatic heterocycles. The van der Waals surface area contributed by atoms with Gasteiger partial charge in [0.25, 0.3) is 0 Å². The van der Waals surface area contributed by atoms with Crippen molar-refractivity contribution in [1.82, 2.24) is 9.55 Å². The summed E-state index contributed by atoms with van der Waals surface area (Å²) < 4.78 is 26.6. The molecular weight excluding hydrogens is 386 g/mol. The van der Waals surface area contributed by atoms with E-state index in [1.54, 1.807) is 6.92 Å². The monoisotopic (exact) mass is 405 g/mol. The Kier molecular flexibility index (Phi) is 4.90. The van der Waals surface area contributed by atoms with Crippen LogP contribution in [0.2, 0.25) is 0 Å². The van der Waals surface area contributed by atoms with Gasteiger partial charge < -0.3 is 5.32 Å². The minimum atomic E-state index is -3.52. The first-order valence-electron chi connectivity index (χ1n) is 9.15. The predicted molar refractivity (Wildman–Crippen MR) is 115 cm³/mol. The Balaban J connectivity index is 2.05. The minimum Gasteiger partial charge on any atom is -0.341 e. The van der Waals surface area contributed by atoms with Gasteiger partial charge in [-0.2, -0.15) is 0 Å². The molecule has 2 aromatic carbocycles. The molecule has 0 unspecified atom stereocenters. The summed E-state index contributed by atoms with van der Waals surface area (Å²) in [5.74, 6) is 0.467. The molecule has 1 N–H and O–H groups in total. The van der Waals surface area contributed by atoms with E-state index in [0.29, 0.717) is 16.7 Å². The number of sulfone groups is 1. The van der Waals surface area contributed by atoms with Crippen LogP contribution in [0.1, 0.15) is 6.92 Å². The van der Waals surface area contributed by atoms with Crippen molar-refractivity contribution in [3.05, 3.63) is 89.2 Å². The Bertz CT molecular complexity index is 1330. The van der Waals surface area contributed by atoms with Gasteiger partial charge >= 0.3 is 0 Å². The van der Waals surface area contributed by atoms with Gasteiger partial charge in [0.1, 0.15) is 5.82 Å². The van der Waals surface area contributed by atoms with E-state index >= 15 is 0 Å². The third kappa shape index (κ3) is 3.64. The number of benzene rings is 2. The molecule has 0 aliphatic rings. The highest BCUT2D eigenvalue weighted by Gasteiger charge is 2.18. The lowest BCUT2D eigenvalue weighted by molar-refractivity contribution is 0.593. The Labute approximate surface area is 168 Å². The fourth-order valence-corrected chi connectivity index (χ4v) is 3.93. The normalized spacial score (nSPS) is 11.5. The summed E-state index contributed by atoms with van der Waals surface area (Å²) in [6.45, 7) is 1.57. The molecule has 0 saturated carbocycles. The average molecular weight is 405 g/mol. The zero-order valence-corrected chi connectivity index (χ0v) is 16.6. The maximum absolute atomic E-state index is 12.8. The van der Waals surface area contributed by atoms with E-state index in [2.05, 4.69) is 10.3 Å². The van der Waals surface area contributed by atoms with Crippen molar-refractivity contribution in [2.24, 2.45) is 0 Å². The molecule has 6 nitrogen and oxygen atoms in total. The Morgan fingerprint density at radius 2 is 1.62 bits per heavy atom. The minimum absolute atomic E-state index is 0.0477. The number of pyridine rings is 2. The van der Waals surface area contributed by atoms with Crippen LogP contribution in [0.3, 0.4) is 0 Å². The summed E-state index contributed by atoms with van der Waals surface area (Å²) in [5, 5.41) is 3.57. The second-order valence-electron chi connectivity index (χ2n) is 6.50. The van der Waals surface area contributed by atoms with Crippen LogP contribution in [0, 0.1) is 0 Å². The quantitative estimate of drug-likeness (QED) is 0.544. The Hall–Kier alpha value is -3.45. The van der Waals surface area contributed by atoms with Crippen molar-refractivity contribution in [3.63, 3.8) is 0 Å². The summed E-state index contributed by atoms with van der Waals surface area (Å²) in [5.41, 5.74) is 1.84. The second-order valence-corrected chi connectivity index (χ2v) is 8.72. The van der Waals surface area contributed by atoms with Crippen molar-refractivity contribution in [3.8, 4) is 5.69 Å². The lowest BCUT2D eigenvalue weighted by Gasteiger charge is -2.18. The molecule has 0 bridgehead atoms. The van der Waals surface area contributed by atoms with Crippen molar-refractivity contribution >= 4 is 32.2 Å². The number of rotatable bonds is 5. The number of fused-ring (bicyclic) bond motifs is 1. The first-order chi connectivity index (χ1) is 14.0.